The number of benzene rings is 1. The van der Waals surface area contributed by atoms with Gasteiger partial charge in [0, 0.05) is 4.88 Å². The number of hydrazone groups is 1. The van der Waals surface area contributed by atoms with Crippen molar-refractivity contribution in [1.29, 1.82) is 0 Å². The number of rotatable bonds is 5. The van der Waals surface area contributed by atoms with Crippen molar-refractivity contribution in [1.82, 2.24) is 5.43 Å². The number of nitrogens with one attached hydrogen (secondary N) is 1. The van der Waals surface area contributed by atoms with Gasteiger partial charge < -0.3 is 5.11 Å². The van der Waals surface area contributed by atoms with Crippen LogP contribution in [0.1, 0.15) is 20.8 Å². The van der Waals surface area contributed by atoms with E-state index in [9.17, 15) is 9.59 Å². The summed E-state index contributed by atoms with van der Waals surface area (Å²) in [5.41, 5.74) is 3.35. The van der Waals surface area contributed by atoms with Gasteiger partial charge >= 0.3 is 5.97 Å². The van der Waals surface area contributed by atoms with Crippen LogP contribution in [0.5, 0.6) is 0 Å². The molecule has 0 saturated carbocycles. The second-order valence-electron chi connectivity index (χ2n) is 3.98. The van der Waals surface area contributed by atoms with E-state index in [1.807, 2.05) is 17.5 Å². The highest BCUT2D eigenvalue weighted by Crippen LogP contribution is 2.08. The fourth-order valence-corrected chi connectivity index (χ4v) is 2.20. The highest BCUT2D eigenvalue weighted by atomic mass is 32.1. The lowest BCUT2D eigenvalue weighted by Crippen LogP contribution is -2.19. The van der Waals surface area contributed by atoms with E-state index in [1.54, 1.807) is 12.1 Å². The fraction of sp³-hybridized carbons (Fsp3) is 0.0714. The topological polar surface area (TPSA) is 78.8 Å². The highest BCUT2D eigenvalue weighted by Gasteiger charge is 2.02. The molecule has 0 aliphatic rings. The first-order chi connectivity index (χ1) is 9.65. The first-order valence-electron chi connectivity index (χ1n) is 5.83. The summed E-state index contributed by atoms with van der Waals surface area (Å²) in [6.07, 6.45) is 1.77. The van der Waals surface area contributed by atoms with Gasteiger partial charge in [0.2, 0.25) is 5.91 Å². The third-order valence-electron chi connectivity index (χ3n) is 2.48. The Kier molecular flexibility index (Phi) is 4.62. The van der Waals surface area contributed by atoms with Crippen LogP contribution >= 0.6 is 11.3 Å². The van der Waals surface area contributed by atoms with Crippen molar-refractivity contribution in [2.24, 2.45) is 5.10 Å². The molecule has 1 heterocycles. The number of hydrogen-bond acceptors (Lipinski definition) is 4. The van der Waals surface area contributed by atoms with Crippen LogP contribution in [0.25, 0.3) is 0 Å². The first kappa shape index (κ1) is 14.0. The Bertz CT molecular complexity index is 618. The number of aromatic carboxylic acids is 1. The molecule has 0 aliphatic heterocycles. The normalized spacial score (nSPS) is 10.6. The van der Waals surface area contributed by atoms with Crippen LogP contribution in [0.3, 0.4) is 0 Å². The van der Waals surface area contributed by atoms with Crippen LogP contribution in [0, 0.1) is 0 Å². The molecule has 2 aromatic rings. The second-order valence-corrected chi connectivity index (χ2v) is 5.01. The Morgan fingerprint density at radius 1 is 1.25 bits per heavy atom. The predicted molar refractivity (Wildman–Crippen MR) is 77.2 cm³/mol. The first-order valence-corrected chi connectivity index (χ1v) is 6.71. The van der Waals surface area contributed by atoms with Crippen molar-refractivity contribution in [3.05, 3.63) is 57.8 Å². The second kappa shape index (κ2) is 6.63. The van der Waals surface area contributed by atoms with E-state index in [1.165, 1.54) is 29.7 Å². The van der Waals surface area contributed by atoms with E-state index in [0.717, 1.165) is 4.88 Å². The molecule has 2 rings (SSSR count). The molecule has 0 atom stereocenters. The Hall–Kier alpha value is -2.47. The van der Waals surface area contributed by atoms with Crippen LogP contribution in [0.4, 0.5) is 0 Å². The summed E-state index contributed by atoms with van der Waals surface area (Å²) in [6.45, 7) is 0. The lowest BCUT2D eigenvalue weighted by atomic mass is 10.1. The SMILES string of the molecule is O=C(Cc1cccs1)N/N=C\c1ccc(C(=O)O)cc1. The summed E-state index contributed by atoms with van der Waals surface area (Å²) in [7, 11) is 0. The van der Waals surface area contributed by atoms with Gasteiger partial charge in [0.15, 0.2) is 0 Å². The number of carboxylic acids is 1. The number of amides is 1. The maximum absolute atomic E-state index is 11.5. The molecule has 1 amide bonds. The van der Waals surface area contributed by atoms with Gasteiger partial charge in [0.1, 0.15) is 0 Å². The lowest BCUT2D eigenvalue weighted by molar-refractivity contribution is -0.120. The van der Waals surface area contributed by atoms with Crippen molar-refractivity contribution in [3.63, 3.8) is 0 Å². The van der Waals surface area contributed by atoms with Gasteiger partial charge in [-0.2, -0.15) is 5.10 Å². The summed E-state index contributed by atoms with van der Waals surface area (Å²) in [5.74, 6) is -1.16. The molecule has 0 spiro atoms. The maximum atomic E-state index is 11.5. The molecular formula is C14H12N2O3S. The maximum Gasteiger partial charge on any atom is 0.335 e. The highest BCUT2D eigenvalue weighted by molar-refractivity contribution is 7.10. The Morgan fingerprint density at radius 3 is 2.60 bits per heavy atom. The molecule has 0 unspecified atom stereocenters. The Balaban J connectivity index is 1.86. The summed E-state index contributed by atoms with van der Waals surface area (Å²) in [5, 5.41) is 14.5. The summed E-state index contributed by atoms with van der Waals surface area (Å²) >= 11 is 1.52. The third-order valence-corrected chi connectivity index (χ3v) is 3.35. The van der Waals surface area contributed by atoms with Gasteiger partial charge in [0.05, 0.1) is 18.2 Å². The number of hydrogen-bond donors (Lipinski definition) is 2. The minimum atomic E-state index is -0.974. The van der Waals surface area contributed by atoms with Gasteiger partial charge in [-0.3, -0.25) is 4.79 Å². The largest absolute Gasteiger partial charge is 0.478 e. The van der Waals surface area contributed by atoms with Crippen molar-refractivity contribution in [2.75, 3.05) is 0 Å². The molecule has 0 bridgehead atoms. The zero-order valence-electron chi connectivity index (χ0n) is 10.4. The molecule has 1 aromatic carbocycles. The molecule has 2 N–H and O–H groups in total. The zero-order chi connectivity index (χ0) is 14.4. The number of carboxylic acid groups (broad SMARTS) is 1. The number of thiophene rings is 1. The summed E-state index contributed by atoms with van der Waals surface area (Å²) in [4.78, 5) is 23.2. The zero-order valence-corrected chi connectivity index (χ0v) is 11.3. The van der Waals surface area contributed by atoms with E-state index in [0.29, 0.717) is 12.0 Å². The molecule has 0 saturated heterocycles. The Labute approximate surface area is 119 Å². The van der Waals surface area contributed by atoms with E-state index in [2.05, 4.69) is 10.5 Å². The minimum Gasteiger partial charge on any atom is -0.478 e. The summed E-state index contributed by atoms with van der Waals surface area (Å²) in [6, 6.07) is 9.99. The van der Waals surface area contributed by atoms with Crippen molar-refractivity contribution < 1.29 is 14.7 Å². The fourth-order valence-electron chi connectivity index (χ4n) is 1.50. The van der Waals surface area contributed by atoms with E-state index >= 15 is 0 Å². The van der Waals surface area contributed by atoms with Crippen molar-refractivity contribution in [2.45, 2.75) is 6.42 Å². The van der Waals surface area contributed by atoms with Gasteiger partial charge in [-0.05, 0) is 29.1 Å². The molecule has 102 valence electrons. The molecule has 0 fully saturated rings. The quantitative estimate of drug-likeness (QED) is 0.653. The van der Waals surface area contributed by atoms with Crippen molar-refractivity contribution in [3.8, 4) is 0 Å². The molecule has 1 aromatic heterocycles. The molecule has 6 heteroatoms. The lowest BCUT2D eigenvalue weighted by Gasteiger charge is -1.98. The third kappa shape index (κ3) is 4.03. The molecule has 0 aliphatic carbocycles. The molecule has 0 radical (unpaired) electrons. The van der Waals surface area contributed by atoms with Gasteiger partial charge in [-0.15, -0.1) is 11.3 Å². The average Bonchev–Trinajstić information content (AvgIpc) is 2.92. The average molecular weight is 288 g/mol. The molecule has 5 nitrogen and oxygen atoms in total. The Morgan fingerprint density at radius 2 is 2.00 bits per heavy atom. The number of carbonyl (C=O) groups is 2. The van der Waals surface area contributed by atoms with E-state index < -0.39 is 5.97 Å². The predicted octanol–water partition coefficient (Wildman–Crippen LogP) is 2.14. The monoisotopic (exact) mass is 288 g/mol. The smallest absolute Gasteiger partial charge is 0.335 e. The number of carbonyl (C=O) groups excluding carboxylic acids is 1. The van der Waals surface area contributed by atoms with Crippen LogP contribution in [-0.2, 0) is 11.2 Å². The molecule has 20 heavy (non-hydrogen) atoms. The van der Waals surface area contributed by atoms with Gasteiger partial charge in [-0.25, -0.2) is 10.2 Å². The molecular weight excluding hydrogens is 276 g/mol. The van der Waals surface area contributed by atoms with E-state index in [-0.39, 0.29) is 11.5 Å². The van der Waals surface area contributed by atoms with Crippen LogP contribution < -0.4 is 5.43 Å². The summed E-state index contributed by atoms with van der Waals surface area (Å²) < 4.78 is 0. The van der Waals surface area contributed by atoms with Crippen molar-refractivity contribution >= 4 is 29.4 Å². The number of nitrogens with zero attached hydrogens (tertiary/aromatic N) is 1. The standard InChI is InChI=1S/C14H12N2O3S/c17-13(8-12-2-1-7-20-12)16-15-9-10-3-5-11(6-4-10)14(18)19/h1-7,9H,8H2,(H,16,17)(H,18,19)/b15-9-. The van der Waals surface area contributed by atoms with Gasteiger partial charge in [-0.1, -0.05) is 18.2 Å². The van der Waals surface area contributed by atoms with Gasteiger partial charge in [0.25, 0.3) is 0 Å². The van der Waals surface area contributed by atoms with Crippen LogP contribution in [-0.4, -0.2) is 23.2 Å². The van der Waals surface area contributed by atoms with Crippen LogP contribution in [0.2, 0.25) is 0 Å². The van der Waals surface area contributed by atoms with Crippen LogP contribution in [0.15, 0.2) is 46.9 Å². The van der Waals surface area contributed by atoms with E-state index in [4.69, 9.17) is 5.11 Å². The minimum absolute atomic E-state index is 0.189.